The van der Waals surface area contributed by atoms with Crippen molar-refractivity contribution in [2.24, 2.45) is 0 Å². The molecule has 0 saturated carbocycles. The van der Waals surface area contributed by atoms with Crippen LogP contribution >= 0.6 is 0 Å². The minimum atomic E-state index is -0.384. The molecule has 0 radical (unpaired) electrons. The normalized spacial score (nSPS) is 11.4. The second kappa shape index (κ2) is 5.90. The predicted octanol–water partition coefficient (Wildman–Crippen LogP) is 2.00. The number of esters is 1. The van der Waals surface area contributed by atoms with Crippen molar-refractivity contribution in [2.45, 2.75) is 26.3 Å². The van der Waals surface area contributed by atoms with Crippen molar-refractivity contribution in [1.82, 2.24) is 4.98 Å². The van der Waals surface area contributed by atoms with Crippen LogP contribution in [-0.4, -0.2) is 24.1 Å². The number of carbonyl (C=O) groups excluding carboxylic acids is 1. The Kier molecular flexibility index (Phi) is 4.53. The number of hydrogen-bond donors (Lipinski definition) is 1. The Morgan fingerprint density at radius 2 is 2.35 bits per heavy atom. The lowest BCUT2D eigenvalue weighted by molar-refractivity contribution is 0.0599. The quantitative estimate of drug-likeness (QED) is 0.637. The summed E-state index contributed by atoms with van der Waals surface area (Å²) in [7, 11) is 1.35. The molecule has 4 heteroatoms. The molecule has 17 heavy (non-hydrogen) atoms. The summed E-state index contributed by atoms with van der Waals surface area (Å²) in [5.41, 5.74) is 1.08. The van der Waals surface area contributed by atoms with Crippen molar-refractivity contribution in [3.8, 4) is 12.3 Å². The molecule has 0 aliphatic heterocycles. The molecular weight excluding hydrogens is 216 g/mol. The van der Waals surface area contributed by atoms with Gasteiger partial charge in [-0.25, -0.2) is 9.78 Å². The summed E-state index contributed by atoms with van der Waals surface area (Å²) in [5.74, 6) is 2.91. The molecule has 0 aromatic carbocycles. The summed E-state index contributed by atoms with van der Waals surface area (Å²) in [4.78, 5) is 15.6. The van der Waals surface area contributed by atoms with E-state index in [2.05, 4.69) is 21.0 Å². The highest BCUT2D eigenvalue weighted by atomic mass is 16.5. The van der Waals surface area contributed by atoms with Gasteiger partial charge in [0.2, 0.25) is 0 Å². The number of pyridine rings is 1. The fraction of sp³-hybridized carbons (Fsp3) is 0.385. The SMILES string of the molecule is C#CC(CC)Nc1ccc(C(=O)OC)c(C)n1. The lowest BCUT2D eigenvalue weighted by Crippen LogP contribution is -2.17. The molecule has 0 aliphatic rings. The number of aryl methyl sites for hydroxylation is 1. The Hall–Kier alpha value is -2.02. The van der Waals surface area contributed by atoms with Gasteiger partial charge in [-0.05, 0) is 25.5 Å². The van der Waals surface area contributed by atoms with Crippen LogP contribution in [0.15, 0.2) is 12.1 Å². The number of terminal acetylenes is 1. The van der Waals surface area contributed by atoms with Crippen LogP contribution in [0, 0.1) is 19.3 Å². The number of ether oxygens (including phenoxy) is 1. The van der Waals surface area contributed by atoms with Crippen LogP contribution in [0.3, 0.4) is 0 Å². The predicted molar refractivity (Wildman–Crippen MR) is 66.8 cm³/mol. The molecule has 1 atom stereocenters. The first kappa shape index (κ1) is 13.0. The van der Waals surface area contributed by atoms with E-state index in [0.29, 0.717) is 17.1 Å². The second-order valence-corrected chi connectivity index (χ2v) is 3.59. The van der Waals surface area contributed by atoms with Crippen LogP contribution in [0.2, 0.25) is 0 Å². The topological polar surface area (TPSA) is 51.2 Å². The second-order valence-electron chi connectivity index (χ2n) is 3.59. The summed E-state index contributed by atoms with van der Waals surface area (Å²) in [6.07, 6.45) is 6.17. The van der Waals surface area contributed by atoms with E-state index in [4.69, 9.17) is 6.42 Å². The van der Waals surface area contributed by atoms with Crippen LogP contribution in [0.5, 0.6) is 0 Å². The minimum absolute atomic E-state index is 0.0501. The van der Waals surface area contributed by atoms with Gasteiger partial charge in [-0.3, -0.25) is 0 Å². The summed E-state index contributed by atoms with van der Waals surface area (Å²) < 4.78 is 4.65. The first-order valence-electron chi connectivity index (χ1n) is 5.41. The molecule has 0 spiro atoms. The van der Waals surface area contributed by atoms with Crippen molar-refractivity contribution in [3.05, 3.63) is 23.4 Å². The zero-order valence-corrected chi connectivity index (χ0v) is 10.3. The van der Waals surface area contributed by atoms with Crippen molar-refractivity contribution in [1.29, 1.82) is 0 Å². The van der Waals surface area contributed by atoms with Gasteiger partial charge >= 0.3 is 5.97 Å². The maximum Gasteiger partial charge on any atom is 0.339 e. The molecule has 0 bridgehead atoms. The highest BCUT2D eigenvalue weighted by Crippen LogP contribution is 2.12. The number of carbonyl (C=O) groups is 1. The van der Waals surface area contributed by atoms with E-state index < -0.39 is 0 Å². The zero-order valence-electron chi connectivity index (χ0n) is 10.3. The van der Waals surface area contributed by atoms with Crippen molar-refractivity contribution >= 4 is 11.8 Å². The lowest BCUT2D eigenvalue weighted by atomic mass is 10.2. The monoisotopic (exact) mass is 232 g/mol. The fourth-order valence-electron chi connectivity index (χ4n) is 1.41. The highest BCUT2D eigenvalue weighted by Gasteiger charge is 2.11. The summed E-state index contributed by atoms with van der Waals surface area (Å²) in [6.45, 7) is 3.75. The Labute approximate surface area is 101 Å². The van der Waals surface area contributed by atoms with E-state index in [-0.39, 0.29) is 12.0 Å². The van der Waals surface area contributed by atoms with Gasteiger partial charge in [0.05, 0.1) is 24.4 Å². The van der Waals surface area contributed by atoms with Crippen LogP contribution in [0.1, 0.15) is 29.4 Å². The van der Waals surface area contributed by atoms with E-state index in [1.165, 1.54) is 7.11 Å². The zero-order chi connectivity index (χ0) is 12.8. The van der Waals surface area contributed by atoms with E-state index in [1.807, 2.05) is 6.92 Å². The molecule has 1 aromatic rings. The molecule has 1 aromatic heterocycles. The fourth-order valence-corrected chi connectivity index (χ4v) is 1.41. The van der Waals surface area contributed by atoms with Gasteiger partial charge in [-0.1, -0.05) is 12.8 Å². The number of aromatic nitrogens is 1. The molecule has 1 heterocycles. The standard InChI is InChI=1S/C13H16N2O2/c1-5-10(6-2)15-12-8-7-11(9(3)14-12)13(16)17-4/h1,7-8,10H,6H2,2-4H3,(H,14,15). The minimum Gasteiger partial charge on any atom is -0.465 e. The van der Waals surface area contributed by atoms with Crippen molar-refractivity contribution < 1.29 is 9.53 Å². The third-order valence-electron chi connectivity index (χ3n) is 2.42. The maximum absolute atomic E-state index is 11.4. The molecule has 4 nitrogen and oxygen atoms in total. The van der Waals surface area contributed by atoms with Crippen LogP contribution < -0.4 is 5.32 Å². The third kappa shape index (κ3) is 3.22. The molecule has 1 rings (SSSR count). The van der Waals surface area contributed by atoms with Gasteiger partial charge < -0.3 is 10.1 Å². The van der Waals surface area contributed by atoms with Crippen molar-refractivity contribution in [3.63, 3.8) is 0 Å². The largest absolute Gasteiger partial charge is 0.465 e. The molecule has 0 fully saturated rings. The lowest BCUT2D eigenvalue weighted by Gasteiger charge is -2.12. The average molecular weight is 232 g/mol. The molecule has 90 valence electrons. The smallest absolute Gasteiger partial charge is 0.339 e. The van der Waals surface area contributed by atoms with Crippen LogP contribution in [0.4, 0.5) is 5.82 Å². The van der Waals surface area contributed by atoms with Crippen LogP contribution in [0.25, 0.3) is 0 Å². The van der Waals surface area contributed by atoms with Crippen molar-refractivity contribution in [2.75, 3.05) is 12.4 Å². The number of rotatable bonds is 4. The van der Waals surface area contributed by atoms with Gasteiger partial charge in [-0.2, -0.15) is 0 Å². The van der Waals surface area contributed by atoms with Gasteiger partial charge in [0.15, 0.2) is 0 Å². The third-order valence-corrected chi connectivity index (χ3v) is 2.42. The Balaban J connectivity index is 2.90. The molecule has 0 saturated heterocycles. The van der Waals surface area contributed by atoms with Gasteiger partial charge in [0, 0.05) is 0 Å². The van der Waals surface area contributed by atoms with E-state index in [9.17, 15) is 4.79 Å². The summed E-state index contributed by atoms with van der Waals surface area (Å²) in [5, 5.41) is 3.10. The first-order valence-corrected chi connectivity index (χ1v) is 5.41. The Bertz CT molecular complexity index is 449. The first-order chi connectivity index (χ1) is 8.12. The van der Waals surface area contributed by atoms with E-state index in [0.717, 1.165) is 6.42 Å². The average Bonchev–Trinajstić information content (AvgIpc) is 2.35. The molecule has 0 amide bonds. The van der Waals surface area contributed by atoms with Crippen LogP contribution in [-0.2, 0) is 4.74 Å². The van der Waals surface area contributed by atoms with Gasteiger partial charge in [0.25, 0.3) is 0 Å². The molecule has 1 N–H and O–H groups in total. The molecular formula is C13H16N2O2. The van der Waals surface area contributed by atoms with Gasteiger partial charge in [-0.15, -0.1) is 6.42 Å². The van der Waals surface area contributed by atoms with E-state index >= 15 is 0 Å². The summed E-state index contributed by atoms with van der Waals surface area (Å²) in [6, 6.07) is 3.35. The summed E-state index contributed by atoms with van der Waals surface area (Å²) >= 11 is 0. The number of methoxy groups -OCH3 is 1. The Morgan fingerprint density at radius 3 is 2.82 bits per heavy atom. The number of nitrogens with one attached hydrogen (secondary N) is 1. The Morgan fingerprint density at radius 1 is 1.65 bits per heavy atom. The maximum atomic E-state index is 11.4. The van der Waals surface area contributed by atoms with E-state index in [1.54, 1.807) is 19.1 Å². The number of anilines is 1. The molecule has 1 unspecified atom stereocenters. The number of hydrogen-bond acceptors (Lipinski definition) is 4. The highest BCUT2D eigenvalue weighted by molar-refractivity contribution is 5.90. The number of nitrogens with zero attached hydrogens (tertiary/aromatic N) is 1. The molecule has 0 aliphatic carbocycles. The van der Waals surface area contributed by atoms with Gasteiger partial charge in [0.1, 0.15) is 5.82 Å².